The van der Waals surface area contributed by atoms with Gasteiger partial charge in [0.1, 0.15) is 5.70 Å². The van der Waals surface area contributed by atoms with E-state index in [1.807, 2.05) is 0 Å². The van der Waals surface area contributed by atoms with E-state index in [4.69, 9.17) is 12.2 Å². The predicted molar refractivity (Wildman–Crippen MR) is 69.6 cm³/mol. The quantitative estimate of drug-likeness (QED) is 0.469. The van der Waals surface area contributed by atoms with E-state index in [9.17, 15) is 9.59 Å². The average Bonchev–Trinajstić information content (AvgIpc) is 2.68. The molecule has 0 bridgehead atoms. The van der Waals surface area contributed by atoms with Crippen LogP contribution in [0.15, 0.2) is 30.0 Å². The van der Waals surface area contributed by atoms with Crippen LogP contribution in [-0.4, -0.2) is 24.1 Å². The fourth-order valence-corrected chi connectivity index (χ4v) is 1.69. The van der Waals surface area contributed by atoms with Gasteiger partial charge in [0.2, 0.25) is 0 Å². The lowest BCUT2D eigenvalue weighted by Crippen LogP contribution is -2.21. The molecule has 0 aliphatic carbocycles. The van der Waals surface area contributed by atoms with E-state index in [1.165, 1.54) is 7.11 Å². The van der Waals surface area contributed by atoms with Crippen LogP contribution in [0.3, 0.4) is 0 Å². The van der Waals surface area contributed by atoms with Crippen molar-refractivity contribution < 1.29 is 14.3 Å². The lowest BCUT2D eigenvalue weighted by Gasteiger charge is -2.00. The Kier molecular flexibility index (Phi) is 3.38. The maximum absolute atomic E-state index is 11.4. The highest BCUT2D eigenvalue weighted by Crippen LogP contribution is 2.10. The number of carbonyl (C=O) groups is 2. The van der Waals surface area contributed by atoms with Crippen LogP contribution < -0.4 is 10.6 Å². The van der Waals surface area contributed by atoms with E-state index < -0.39 is 5.97 Å². The third-order valence-corrected chi connectivity index (χ3v) is 2.57. The van der Waals surface area contributed by atoms with Crippen molar-refractivity contribution in [2.75, 3.05) is 7.11 Å². The van der Waals surface area contributed by atoms with Gasteiger partial charge < -0.3 is 10.1 Å². The van der Waals surface area contributed by atoms with E-state index in [2.05, 4.69) is 15.4 Å². The zero-order valence-electron chi connectivity index (χ0n) is 9.52. The number of thiocarbonyl (C=S) groups is 1. The molecule has 1 aromatic rings. The first kappa shape index (κ1) is 12.3. The summed E-state index contributed by atoms with van der Waals surface area (Å²) in [4.78, 5) is 22.6. The molecule has 0 aromatic heterocycles. The number of nitrogens with one attached hydrogen (secondary N) is 2. The monoisotopic (exact) mass is 262 g/mol. The van der Waals surface area contributed by atoms with Gasteiger partial charge in [-0.05, 0) is 36.0 Å². The van der Waals surface area contributed by atoms with Crippen molar-refractivity contribution in [2.24, 2.45) is 0 Å². The Morgan fingerprint density at radius 2 is 1.94 bits per heavy atom. The van der Waals surface area contributed by atoms with Gasteiger partial charge in [0.15, 0.2) is 5.11 Å². The number of amides is 1. The molecule has 1 aromatic carbocycles. The second-order valence-electron chi connectivity index (χ2n) is 3.58. The van der Waals surface area contributed by atoms with Gasteiger partial charge in [0, 0.05) is 0 Å². The summed E-state index contributed by atoms with van der Waals surface area (Å²) in [6.45, 7) is 0. The Bertz CT molecular complexity index is 549. The van der Waals surface area contributed by atoms with Gasteiger partial charge in [-0.25, -0.2) is 4.79 Å². The largest absolute Gasteiger partial charge is 0.465 e. The molecular formula is C12H10N2O3S. The molecule has 0 spiro atoms. The third kappa shape index (κ3) is 2.54. The summed E-state index contributed by atoms with van der Waals surface area (Å²) in [5.41, 5.74) is 1.62. The predicted octanol–water partition coefficient (Wildman–Crippen LogP) is 0.818. The van der Waals surface area contributed by atoms with Gasteiger partial charge >= 0.3 is 5.97 Å². The zero-order chi connectivity index (χ0) is 13.1. The molecule has 5 nitrogen and oxygen atoms in total. The molecule has 1 amide bonds. The fourth-order valence-electron chi connectivity index (χ4n) is 1.48. The Balaban J connectivity index is 2.21. The van der Waals surface area contributed by atoms with Crippen LogP contribution in [0.4, 0.5) is 0 Å². The van der Waals surface area contributed by atoms with Crippen LogP contribution in [0.5, 0.6) is 0 Å². The molecule has 1 heterocycles. The van der Waals surface area contributed by atoms with Crippen molar-refractivity contribution >= 4 is 35.3 Å². The Labute approximate surface area is 109 Å². The molecule has 0 saturated carbocycles. The second kappa shape index (κ2) is 4.97. The van der Waals surface area contributed by atoms with Gasteiger partial charge in [0.25, 0.3) is 5.91 Å². The van der Waals surface area contributed by atoms with Crippen molar-refractivity contribution in [1.82, 2.24) is 10.6 Å². The molecule has 18 heavy (non-hydrogen) atoms. The molecule has 6 heteroatoms. The van der Waals surface area contributed by atoms with Crippen LogP contribution in [0.2, 0.25) is 0 Å². The lowest BCUT2D eigenvalue weighted by molar-refractivity contribution is -0.115. The molecule has 1 aliphatic rings. The topological polar surface area (TPSA) is 67.4 Å². The second-order valence-corrected chi connectivity index (χ2v) is 3.99. The summed E-state index contributed by atoms with van der Waals surface area (Å²) in [6.07, 6.45) is 1.65. The van der Waals surface area contributed by atoms with Crippen molar-refractivity contribution in [3.8, 4) is 0 Å². The Morgan fingerprint density at radius 1 is 1.28 bits per heavy atom. The highest BCUT2D eigenvalue weighted by atomic mass is 32.1. The first-order valence-corrected chi connectivity index (χ1v) is 5.53. The standard InChI is InChI=1S/C12H10N2O3S/c1-17-11(16)8-4-2-7(3-5-8)6-9-10(15)14-12(18)13-9/h2-6H,1H3,(H2,13,14,15,18)/b9-6+. The molecule has 1 aliphatic heterocycles. The Hall–Kier alpha value is -2.21. The SMILES string of the molecule is COC(=O)c1ccc(/C=C2/NC(=S)NC2=O)cc1. The number of carbonyl (C=O) groups excluding carboxylic acids is 2. The van der Waals surface area contributed by atoms with Crippen molar-refractivity contribution in [3.05, 3.63) is 41.1 Å². The number of rotatable bonds is 2. The van der Waals surface area contributed by atoms with Gasteiger partial charge in [-0.3, -0.25) is 10.1 Å². The number of hydrogen-bond donors (Lipinski definition) is 2. The molecular weight excluding hydrogens is 252 g/mol. The molecule has 0 atom stereocenters. The number of esters is 1. The van der Waals surface area contributed by atoms with Crippen LogP contribution in [0.25, 0.3) is 6.08 Å². The molecule has 0 unspecified atom stereocenters. The maximum Gasteiger partial charge on any atom is 0.337 e. The van der Waals surface area contributed by atoms with Crippen LogP contribution in [0, 0.1) is 0 Å². The summed E-state index contributed by atoms with van der Waals surface area (Å²) >= 11 is 4.82. The minimum absolute atomic E-state index is 0.267. The van der Waals surface area contributed by atoms with Gasteiger partial charge in [-0.15, -0.1) is 0 Å². The molecule has 1 fully saturated rings. The number of benzene rings is 1. The number of methoxy groups -OCH3 is 1. The summed E-state index contributed by atoms with van der Waals surface area (Å²) in [6, 6.07) is 6.69. The lowest BCUT2D eigenvalue weighted by atomic mass is 10.1. The first-order valence-electron chi connectivity index (χ1n) is 5.12. The first-order chi connectivity index (χ1) is 8.60. The smallest absolute Gasteiger partial charge is 0.337 e. The van der Waals surface area contributed by atoms with Crippen LogP contribution in [-0.2, 0) is 9.53 Å². The number of ether oxygens (including phenoxy) is 1. The normalized spacial score (nSPS) is 16.4. The van der Waals surface area contributed by atoms with Gasteiger partial charge in [0.05, 0.1) is 12.7 Å². The van der Waals surface area contributed by atoms with Crippen LogP contribution in [0.1, 0.15) is 15.9 Å². The minimum Gasteiger partial charge on any atom is -0.465 e. The zero-order valence-corrected chi connectivity index (χ0v) is 10.3. The average molecular weight is 262 g/mol. The highest BCUT2D eigenvalue weighted by Gasteiger charge is 2.19. The summed E-state index contributed by atoms with van der Waals surface area (Å²) in [5.74, 6) is -0.663. The third-order valence-electron chi connectivity index (χ3n) is 2.36. The van der Waals surface area contributed by atoms with E-state index in [0.29, 0.717) is 11.3 Å². The van der Waals surface area contributed by atoms with E-state index >= 15 is 0 Å². The summed E-state index contributed by atoms with van der Waals surface area (Å²) in [7, 11) is 1.33. The van der Waals surface area contributed by atoms with Crippen molar-refractivity contribution in [3.63, 3.8) is 0 Å². The van der Waals surface area contributed by atoms with Gasteiger partial charge in [-0.1, -0.05) is 12.1 Å². The Morgan fingerprint density at radius 3 is 2.44 bits per heavy atom. The minimum atomic E-state index is -0.396. The summed E-state index contributed by atoms with van der Waals surface area (Å²) in [5, 5.41) is 5.50. The van der Waals surface area contributed by atoms with E-state index in [-0.39, 0.29) is 11.0 Å². The van der Waals surface area contributed by atoms with Gasteiger partial charge in [-0.2, -0.15) is 0 Å². The van der Waals surface area contributed by atoms with Crippen LogP contribution >= 0.6 is 12.2 Å². The molecule has 2 rings (SSSR count). The van der Waals surface area contributed by atoms with E-state index in [0.717, 1.165) is 5.56 Å². The maximum atomic E-state index is 11.4. The fraction of sp³-hybridized carbons (Fsp3) is 0.0833. The molecule has 1 saturated heterocycles. The molecule has 0 radical (unpaired) electrons. The van der Waals surface area contributed by atoms with E-state index in [1.54, 1.807) is 30.3 Å². The summed E-state index contributed by atoms with van der Waals surface area (Å²) < 4.78 is 4.59. The van der Waals surface area contributed by atoms with Crippen molar-refractivity contribution in [2.45, 2.75) is 0 Å². The highest BCUT2D eigenvalue weighted by molar-refractivity contribution is 7.80. The molecule has 2 N–H and O–H groups in total. The van der Waals surface area contributed by atoms with Crippen molar-refractivity contribution in [1.29, 1.82) is 0 Å². The molecule has 92 valence electrons. The number of hydrogen-bond acceptors (Lipinski definition) is 4.